The number of nitrogens with zero attached hydrogens (tertiary/aromatic N) is 3. The third-order valence-electron chi connectivity index (χ3n) is 3.65. The summed E-state index contributed by atoms with van der Waals surface area (Å²) in [6, 6.07) is 3.62. The summed E-state index contributed by atoms with van der Waals surface area (Å²) in [5.41, 5.74) is 8.79. The zero-order valence-electron chi connectivity index (χ0n) is 11.9. The minimum Gasteiger partial charge on any atom is -0.453 e. The van der Waals surface area contributed by atoms with E-state index in [4.69, 9.17) is 10.3 Å². The summed E-state index contributed by atoms with van der Waals surface area (Å²) in [7, 11) is 1.37. The van der Waals surface area contributed by atoms with E-state index in [1.807, 2.05) is 13.0 Å². The molecule has 3 heterocycles. The van der Waals surface area contributed by atoms with Gasteiger partial charge >= 0.3 is 6.09 Å². The molecule has 0 unspecified atom stereocenters. The van der Waals surface area contributed by atoms with Crippen molar-refractivity contribution < 1.29 is 14.1 Å². The Morgan fingerprint density at radius 3 is 2.86 bits per heavy atom. The molecule has 0 aliphatic carbocycles. The van der Waals surface area contributed by atoms with Crippen molar-refractivity contribution in [2.24, 2.45) is 0 Å². The van der Waals surface area contributed by atoms with Crippen LogP contribution in [0.5, 0.6) is 0 Å². The zero-order chi connectivity index (χ0) is 15.0. The first-order valence-electron chi connectivity index (χ1n) is 6.60. The normalized spacial score (nSPS) is 14.9. The summed E-state index contributed by atoms with van der Waals surface area (Å²) in [5.74, 6) is 0.888. The van der Waals surface area contributed by atoms with Crippen molar-refractivity contribution in [1.29, 1.82) is 0 Å². The average Bonchev–Trinajstić information content (AvgIpc) is 2.89. The van der Waals surface area contributed by atoms with Crippen LogP contribution < -0.4 is 5.73 Å². The van der Waals surface area contributed by atoms with Crippen molar-refractivity contribution in [3.05, 3.63) is 29.7 Å². The number of hydrogen-bond donors (Lipinski definition) is 1. The maximum absolute atomic E-state index is 11.3. The lowest BCUT2D eigenvalue weighted by Crippen LogP contribution is -2.48. The van der Waals surface area contributed by atoms with Gasteiger partial charge in [0.25, 0.3) is 0 Å². The Balaban J connectivity index is 1.73. The summed E-state index contributed by atoms with van der Waals surface area (Å²) in [5, 5.41) is 4.02. The number of rotatable bonds is 2. The van der Waals surface area contributed by atoms with Gasteiger partial charge in [-0.05, 0) is 18.6 Å². The molecule has 2 N–H and O–H groups in total. The van der Waals surface area contributed by atoms with E-state index < -0.39 is 0 Å². The third-order valence-corrected chi connectivity index (χ3v) is 3.65. The van der Waals surface area contributed by atoms with Crippen LogP contribution in [0.1, 0.15) is 17.2 Å². The number of carbonyl (C=O) groups excluding carboxylic acids is 1. The highest BCUT2D eigenvalue weighted by Crippen LogP contribution is 2.30. The summed E-state index contributed by atoms with van der Waals surface area (Å²) in [4.78, 5) is 17.2. The van der Waals surface area contributed by atoms with E-state index in [0.717, 1.165) is 11.3 Å². The maximum Gasteiger partial charge on any atom is 0.409 e. The van der Waals surface area contributed by atoms with Gasteiger partial charge in [0.2, 0.25) is 0 Å². The van der Waals surface area contributed by atoms with Crippen LogP contribution in [-0.4, -0.2) is 41.3 Å². The molecule has 0 bridgehead atoms. The van der Waals surface area contributed by atoms with Gasteiger partial charge < -0.3 is 19.9 Å². The molecule has 1 aliphatic rings. The molecule has 0 atom stereocenters. The van der Waals surface area contributed by atoms with Crippen LogP contribution in [0, 0.1) is 6.92 Å². The van der Waals surface area contributed by atoms with Gasteiger partial charge in [0.15, 0.2) is 0 Å². The SMILES string of the molecule is COC(=O)N1CC(c2cc(-c3cc(N)c(C)cn3)no2)C1. The van der Waals surface area contributed by atoms with Gasteiger partial charge in [-0.2, -0.15) is 0 Å². The minimum atomic E-state index is -0.320. The summed E-state index contributed by atoms with van der Waals surface area (Å²) >= 11 is 0. The first kappa shape index (κ1) is 13.4. The molecular weight excluding hydrogens is 272 g/mol. The Bertz CT molecular complexity index is 677. The van der Waals surface area contributed by atoms with E-state index in [1.165, 1.54) is 7.11 Å². The monoisotopic (exact) mass is 288 g/mol. The van der Waals surface area contributed by atoms with Gasteiger partial charge in [0, 0.05) is 31.0 Å². The smallest absolute Gasteiger partial charge is 0.409 e. The highest BCUT2D eigenvalue weighted by molar-refractivity contribution is 5.69. The number of aryl methyl sites for hydroxylation is 1. The lowest BCUT2D eigenvalue weighted by Gasteiger charge is -2.36. The fraction of sp³-hybridized carbons (Fsp3) is 0.357. The quantitative estimate of drug-likeness (QED) is 0.905. The number of pyridine rings is 1. The zero-order valence-corrected chi connectivity index (χ0v) is 11.9. The minimum absolute atomic E-state index is 0.146. The van der Waals surface area contributed by atoms with E-state index in [-0.39, 0.29) is 12.0 Å². The Kier molecular flexibility index (Phi) is 3.25. The number of amides is 1. The van der Waals surface area contributed by atoms with Crippen molar-refractivity contribution in [2.45, 2.75) is 12.8 Å². The summed E-state index contributed by atoms with van der Waals surface area (Å²) in [6.07, 6.45) is 1.39. The Labute approximate surface area is 121 Å². The standard InChI is InChI=1S/C14H16N4O3/c1-8-5-16-11(3-10(8)15)12-4-13(21-17-12)9-6-18(7-9)14(19)20-2/h3-5,9H,6-7H2,1-2H3,(H2,15,16). The second kappa shape index (κ2) is 5.08. The number of likely N-dealkylation sites (tertiary alicyclic amines) is 1. The second-order valence-electron chi connectivity index (χ2n) is 5.11. The molecule has 2 aromatic heterocycles. The van der Waals surface area contributed by atoms with Gasteiger partial charge in [0.05, 0.1) is 18.7 Å². The lowest BCUT2D eigenvalue weighted by atomic mass is 9.97. The van der Waals surface area contributed by atoms with Gasteiger partial charge in [-0.25, -0.2) is 4.79 Å². The Hall–Kier alpha value is -2.57. The number of aromatic nitrogens is 2. The summed E-state index contributed by atoms with van der Waals surface area (Å²) in [6.45, 7) is 3.05. The highest BCUT2D eigenvalue weighted by Gasteiger charge is 2.35. The molecule has 0 radical (unpaired) electrons. The topological polar surface area (TPSA) is 94.5 Å². The number of hydrogen-bond acceptors (Lipinski definition) is 6. The number of ether oxygens (including phenoxy) is 1. The molecule has 110 valence electrons. The van der Waals surface area contributed by atoms with Crippen molar-refractivity contribution >= 4 is 11.8 Å². The fourth-order valence-corrected chi connectivity index (χ4v) is 2.22. The van der Waals surface area contributed by atoms with Gasteiger partial charge in [0.1, 0.15) is 11.5 Å². The molecule has 7 nitrogen and oxygen atoms in total. The van der Waals surface area contributed by atoms with E-state index in [9.17, 15) is 4.79 Å². The van der Waals surface area contributed by atoms with Gasteiger partial charge in [-0.15, -0.1) is 0 Å². The van der Waals surface area contributed by atoms with Crippen LogP contribution in [0.3, 0.4) is 0 Å². The van der Waals surface area contributed by atoms with E-state index in [1.54, 1.807) is 17.2 Å². The van der Waals surface area contributed by atoms with E-state index in [0.29, 0.717) is 30.2 Å². The molecule has 2 aromatic rings. The molecule has 1 saturated heterocycles. The van der Waals surface area contributed by atoms with Crippen LogP contribution in [0.4, 0.5) is 10.5 Å². The van der Waals surface area contributed by atoms with E-state index >= 15 is 0 Å². The van der Waals surface area contributed by atoms with Crippen LogP contribution in [-0.2, 0) is 4.74 Å². The largest absolute Gasteiger partial charge is 0.453 e. The molecule has 21 heavy (non-hydrogen) atoms. The molecule has 0 spiro atoms. The first-order chi connectivity index (χ1) is 10.1. The average molecular weight is 288 g/mol. The predicted molar refractivity (Wildman–Crippen MR) is 75.6 cm³/mol. The van der Waals surface area contributed by atoms with Gasteiger partial charge in [-0.3, -0.25) is 4.98 Å². The van der Waals surface area contributed by atoms with Crippen molar-refractivity contribution in [3.8, 4) is 11.4 Å². The number of nitrogens with two attached hydrogens (primary N) is 1. The number of methoxy groups -OCH3 is 1. The highest BCUT2D eigenvalue weighted by atomic mass is 16.5. The molecule has 1 aliphatic heterocycles. The van der Waals surface area contributed by atoms with Crippen LogP contribution >= 0.6 is 0 Å². The molecule has 1 fully saturated rings. The Morgan fingerprint density at radius 2 is 2.19 bits per heavy atom. The first-order valence-corrected chi connectivity index (χ1v) is 6.60. The van der Waals surface area contributed by atoms with Crippen LogP contribution in [0.15, 0.2) is 22.9 Å². The van der Waals surface area contributed by atoms with Crippen molar-refractivity contribution in [2.75, 3.05) is 25.9 Å². The molecule has 7 heteroatoms. The second-order valence-corrected chi connectivity index (χ2v) is 5.11. The van der Waals surface area contributed by atoms with Crippen molar-refractivity contribution in [3.63, 3.8) is 0 Å². The van der Waals surface area contributed by atoms with Gasteiger partial charge in [-0.1, -0.05) is 5.16 Å². The third kappa shape index (κ3) is 2.42. The predicted octanol–water partition coefficient (Wildman–Crippen LogP) is 1.79. The molecule has 0 saturated carbocycles. The maximum atomic E-state index is 11.3. The van der Waals surface area contributed by atoms with Crippen LogP contribution in [0.25, 0.3) is 11.4 Å². The molecule has 0 aromatic carbocycles. The number of carbonyl (C=O) groups is 1. The Morgan fingerprint density at radius 1 is 1.43 bits per heavy atom. The molecule has 1 amide bonds. The number of nitrogen functional groups attached to an aromatic ring is 1. The fourth-order valence-electron chi connectivity index (χ4n) is 2.22. The number of anilines is 1. The molecular formula is C14H16N4O3. The van der Waals surface area contributed by atoms with E-state index in [2.05, 4.69) is 14.9 Å². The van der Waals surface area contributed by atoms with Crippen LogP contribution in [0.2, 0.25) is 0 Å². The lowest BCUT2D eigenvalue weighted by molar-refractivity contribution is 0.0817. The summed E-state index contributed by atoms with van der Waals surface area (Å²) < 4.78 is 10.00. The van der Waals surface area contributed by atoms with Crippen molar-refractivity contribution in [1.82, 2.24) is 15.0 Å². The molecule has 3 rings (SSSR count).